The van der Waals surface area contributed by atoms with Gasteiger partial charge in [-0.1, -0.05) is 12.1 Å². The van der Waals surface area contributed by atoms with E-state index in [2.05, 4.69) is 20.2 Å². The third-order valence-corrected chi connectivity index (χ3v) is 5.95. The van der Waals surface area contributed by atoms with Crippen LogP contribution in [0, 0.1) is 0 Å². The maximum atomic E-state index is 12.9. The van der Waals surface area contributed by atoms with Crippen molar-refractivity contribution < 1.29 is 32.2 Å². The molecule has 2 aromatic rings. The Hall–Kier alpha value is -3.12. The summed E-state index contributed by atoms with van der Waals surface area (Å²) < 4.78 is 55.7. The van der Waals surface area contributed by atoms with E-state index in [0.717, 1.165) is 31.0 Å². The number of aromatic nitrogens is 2. The predicted octanol–water partition coefficient (Wildman–Crippen LogP) is 3.95. The van der Waals surface area contributed by atoms with E-state index in [0.29, 0.717) is 24.7 Å². The summed E-state index contributed by atoms with van der Waals surface area (Å²) in [6, 6.07) is 6.31. The minimum Gasteiger partial charge on any atom is -0.444 e. The molecule has 2 aliphatic rings. The van der Waals surface area contributed by atoms with Crippen molar-refractivity contribution in [2.75, 3.05) is 49.6 Å². The number of benzene rings is 1. The minimum atomic E-state index is -4.40. The molecule has 0 radical (unpaired) electrons. The maximum Gasteiger partial charge on any atom is 0.416 e. The number of hydrogen-bond acceptors (Lipinski definition) is 8. The van der Waals surface area contributed by atoms with E-state index < -0.39 is 29.5 Å². The first-order chi connectivity index (χ1) is 17.5. The van der Waals surface area contributed by atoms with Crippen molar-refractivity contribution in [2.45, 2.75) is 51.3 Å². The first kappa shape index (κ1) is 26.9. The van der Waals surface area contributed by atoms with Crippen molar-refractivity contribution in [2.24, 2.45) is 0 Å². The Morgan fingerprint density at radius 1 is 1.11 bits per heavy atom. The first-order valence-electron chi connectivity index (χ1n) is 12.2. The molecule has 1 amide bonds. The highest BCUT2D eigenvalue weighted by Crippen LogP contribution is 2.29. The lowest BCUT2D eigenvalue weighted by Gasteiger charge is -2.28. The number of carbonyl (C=O) groups excluding carboxylic acids is 1. The molecule has 0 spiro atoms. The zero-order valence-corrected chi connectivity index (χ0v) is 21.1. The van der Waals surface area contributed by atoms with Crippen LogP contribution in [0.2, 0.25) is 0 Å². The van der Waals surface area contributed by atoms with Crippen molar-refractivity contribution in [3.63, 3.8) is 0 Å². The standard InChI is InChI=1S/C25H32F3N5O4/c1-24(2,3)37-23(34)33-14-19(30-22-29-9-8-21(31-22)32-10-12-35-13-11-32)20(15-33)36-16-17-4-6-18(7-5-17)25(26,27)28/h4-9,19-20H,10-16H2,1-3H3,(H,29,30,31)/t19-,20-/m1/s1. The molecule has 0 aliphatic carbocycles. The molecule has 2 fully saturated rings. The molecule has 1 aromatic heterocycles. The monoisotopic (exact) mass is 523 g/mol. The molecule has 2 aliphatic heterocycles. The van der Waals surface area contributed by atoms with Crippen LogP contribution >= 0.6 is 0 Å². The van der Waals surface area contributed by atoms with Crippen LogP contribution < -0.4 is 10.2 Å². The smallest absolute Gasteiger partial charge is 0.416 e. The molecule has 4 rings (SSSR count). The summed E-state index contributed by atoms with van der Waals surface area (Å²) in [7, 11) is 0. The Morgan fingerprint density at radius 2 is 1.81 bits per heavy atom. The van der Waals surface area contributed by atoms with Crippen LogP contribution in [0.3, 0.4) is 0 Å². The third-order valence-electron chi connectivity index (χ3n) is 5.95. The Morgan fingerprint density at radius 3 is 2.46 bits per heavy atom. The van der Waals surface area contributed by atoms with Crippen molar-refractivity contribution in [1.82, 2.24) is 14.9 Å². The fraction of sp³-hybridized carbons (Fsp3) is 0.560. The summed E-state index contributed by atoms with van der Waals surface area (Å²) in [4.78, 5) is 25.4. The van der Waals surface area contributed by atoms with Crippen LogP contribution in [0.5, 0.6) is 0 Å². The van der Waals surface area contributed by atoms with E-state index in [9.17, 15) is 18.0 Å². The quantitative estimate of drug-likeness (QED) is 0.609. The third kappa shape index (κ3) is 7.45. The van der Waals surface area contributed by atoms with Gasteiger partial charge in [0.1, 0.15) is 11.4 Å². The van der Waals surface area contributed by atoms with E-state index in [1.165, 1.54) is 12.1 Å². The summed E-state index contributed by atoms with van der Waals surface area (Å²) in [5, 5.41) is 3.28. The van der Waals surface area contributed by atoms with Crippen LogP contribution in [0.25, 0.3) is 0 Å². The Bertz CT molecular complexity index is 1060. The van der Waals surface area contributed by atoms with Crippen molar-refractivity contribution >= 4 is 17.9 Å². The SMILES string of the molecule is CC(C)(C)OC(=O)N1C[C@@H](Nc2nccc(N3CCOCC3)n2)[C@H](OCc2ccc(C(F)(F)F)cc2)C1. The summed E-state index contributed by atoms with van der Waals surface area (Å²) in [6.07, 6.45) is -3.67. The van der Waals surface area contributed by atoms with Gasteiger partial charge in [0, 0.05) is 25.8 Å². The molecular weight excluding hydrogens is 491 g/mol. The predicted molar refractivity (Wildman–Crippen MR) is 130 cm³/mol. The van der Waals surface area contributed by atoms with Crippen molar-refractivity contribution in [3.05, 3.63) is 47.7 Å². The van der Waals surface area contributed by atoms with E-state index in [1.54, 1.807) is 31.9 Å². The summed E-state index contributed by atoms with van der Waals surface area (Å²) in [5.41, 5.74) is -0.785. The highest BCUT2D eigenvalue weighted by molar-refractivity contribution is 5.69. The zero-order chi connectivity index (χ0) is 26.6. The number of nitrogens with zero attached hydrogens (tertiary/aromatic N) is 4. The fourth-order valence-electron chi connectivity index (χ4n) is 4.10. The van der Waals surface area contributed by atoms with E-state index in [-0.39, 0.29) is 25.7 Å². The van der Waals surface area contributed by atoms with Gasteiger partial charge >= 0.3 is 12.3 Å². The number of rotatable bonds is 6. The zero-order valence-electron chi connectivity index (χ0n) is 21.1. The fourth-order valence-corrected chi connectivity index (χ4v) is 4.10. The average Bonchev–Trinajstić information content (AvgIpc) is 3.25. The molecule has 9 nitrogen and oxygen atoms in total. The maximum absolute atomic E-state index is 12.9. The number of halogens is 3. The van der Waals surface area contributed by atoms with Gasteiger partial charge in [-0.05, 0) is 44.5 Å². The number of hydrogen-bond donors (Lipinski definition) is 1. The number of carbonyl (C=O) groups is 1. The van der Waals surface area contributed by atoms with Crippen molar-refractivity contribution in [3.8, 4) is 0 Å². The van der Waals surface area contributed by atoms with E-state index in [1.807, 2.05) is 6.07 Å². The molecule has 0 bridgehead atoms. The lowest BCUT2D eigenvalue weighted by Crippen LogP contribution is -2.38. The number of anilines is 2. The second-order valence-corrected chi connectivity index (χ2v) is 10.0. The number of ether oxygens (including phenoxy) is 3. The van der Waals surface area contributed by atoms with Crippen molar-refractivity contribution in [1.29, 1.82) is 0 Å². The number of morpholine rings is 1. The second-order valence-electron chi connectivity index (χ2n) is 10.0. The van der Waals surface area contributed by atoms with Crippen LogP contribution in [-0.4, -0.2) is 78.1 Å². The van der Waals surface area contributed by atoms with Gasteiger partial charge in [-0.25, -0.2) is 9.78 Å². The Labute approximate surface area is 213 Å². The van der Waals surface area contributed by atoms with Gasteiger partial charge in [-0.15, -0.1) is 0 Å². The molecule has 0 saturated carbocycles. The highest BCUT2D eigenvalue weighted by Gasteiger charge is 2.38. The lowest BCUT2D eigenvalue weighted by molar-refractivity contribution is -0.137. The summed E-state index contributed by atoms with van der Waals surface area (Å²) >= 11 is 0. The highest BCUT2D eigenvalue weighted by atomic mass is 19.4. The van der Waals surface area contributed by atoms with Gasteiger partial charge in [0.05, 0.1) is 44.1 Å². The first-order valence-corrected chi connectivity index (χ1v) is 12.2. The lowest BCUT2D eigenvalue weighted by atomic mass is 10.1. The molecule has 37 heavy (non-hydrogen) atoms. The molecule has 2 saturated heterocycles. The van der Waals surface area contributed by atoms with Crippen LogP contribution in [0.15, 0.2) is 36.5 Å². The molecular formula is C25H32F3N5O4. The topological polar surface area (TPSA) is 89.1 Å². The summed E-state index contributed by atoms with van der Waals surface area (Å²) in [5.74, 6) is 1.16. The molecule has 3 heterocycles. The Balaban J connectivity index is 1.46. The number of nitrogens with one attached hydrogen (secondary N) is 1. The number of alkyl halides is 3. The molecule has 1 aromatic carbocycles. The van der Waals surface area contributed by atoms with Gasteiger partial charge in [0.15, 0.2) is 0 Å². The number of likely N-dealkylation sites (tertiary alicyclic amines) is 1. The second kappa shape index (κ2) is 11.1. The normalized spacial score (nSPS) is 20.7. The van der Waals surface area contributed by atoms with E-state index >= 15 is 0 Å². The van der Waals surface area contributed by atoms with E-state index in [4.69, 9.17) is 14.2 Å². The van der Waals surface area contributed by atoms with Gasteiger partial charge < -0.3 is 29.3 Å². The van der Waals surface area contributed by atoms with Gasteiger partial charge in [0.25, 0.3) is 0 Å². The minimum absolute atomic E-state index is 0.0812. The number of amides is 1. The molecule has 12 heteroatoms. The summed E-state index contributed by atoms with van der Waals surface area (Å²) in [6.45, 7) is 8.70. The molecule has 0 unspecified atom stereocenters. The van der Waals surface area contributed by atoms with Gasteiger partial charge in [-0.3, -0.25) is 0 Å². The van der Waals surface area contributed by atoms with Crippen LogP contribution in [-0.2, 0) is 27.0 Å². The Kier molecular flexibility index (Phi) is 8.08. The molecule has 2 atom stereocenters. The van der Waals surface area contributed by atoms with Gasteiger partial charge in [0.2, 0.25) is 5.95 Å². The molecule has 202 valence electrons. The average molecular weight is 524 g/mol. The largest absolute Gasteiger partial charge is 0.444 e. The van der Waals surface area contributed by atoms with Gasteiger partial charge in [-0.2, -0.15) is 18.2 Å². The van der Waals surface area contributed by atoms with Crippen LogP contribution in [0.1, 0.15) is 31.9 Å². The molecule has 1 N–H and O–H groups in total. The van der Waals surface area contributed by atoms with Crippen LogP contribution in [0.4, 0.5) is 29.7 Å².